The van der Waals surface area contributed by atoms with Gasteiger partial charge in [-0.2, -0.15) is 31.4 Å². The van der Waals surface area contributed by atoms with Gasteiger partial charge in [0.1, 0.15) is 0 Å². The number of nitrogens with zero attached hydrogens (tertiary/aromatic N) is 2. The van der Waals surface area contributed by atoms with Gasteiger partial charge in [0.15, 0.2) is 0 Å². The van der Waals surface area contributed by atoms with Gasteiger partial charge in [-0.3, -0.25) is 4.79 Å². The Balaban J connectivity index is 1.82. The second-order valence-electron chi connectivity index (χ2n) is 6.49. The van der Waals surface area contributed by atoms with Crippen molar-refractivity contribution in [2.45, 2.75) is 25.8 Å². The molecule has 0 saturated carbocycles. The van der Waals surface area contributed by atoms with E-state index in [1.165, 1.54) is 10.9 Å². The monoisotopic (exact) mass is 427 g/mol. The summed E-state index contributed by atoms with van der Waals surface area (Å²) in [6.07, 6.45) is -8.62. The molecule has 0 aliphatic carbocycles. The SMILES string of the molecule is Cc1c(C(=O)NCc2cc(C(F)(F)F)cc(C(F)(F)F)c2)cnn1-c1ccccc1. The molecule has 0 spiro atoms. The highest BCUT2D eigenvalue weighted by atomic mass is 19.4. The second-order valence-corrected chi connectivity index (χ2v) is 6.49. The predicted molar refractivity (Wildman–Crippen MR) is 95.9 cm³/mol. The maximum atomic E-state index is 13.0. The molecule has 1 heterocycles. The van der Waals surface area contributed by atoms with E-state index in [4.69, 9.17) is 0 Å². The zero-order valence-corrected chi connectivity index (χ0v) is 15.5. The second kappa shape index (κ2) is 7.85. The van der Waals surface area contributed by atoms with Crippen molar-refractivity contribution in [3.05, 3.63) is 82.7 Å². The van der Waals surface area contributed by atoms with Gasteiger partial charge in [0, 0.05) is 6.54 Å². The van der Waals surface area contributed by atoms with E-state index in [-0.39, 0.29) is 17.2 Å². The zero-order chi connectivity index (χ0) is 22.1. The molecule has 30 heavy (non-hydrogen) atoms. The largest absolute Gasteiger partial charge is 0.416 e. The van der Waals surface area contributed by atoms with Gasteiger partial charge in [0.05, 0.1) is 34.3 Å². The number of rotatable bonds is 4. The highest BCUT2D eigenvalue weighted by Crippen LogP contribution is 2.36. The Hall–Kier alpha value is -3.30. The van der Waals surface area contributed by atoms with Gasteiger partial charge in [-0.15, -0.1) is 0 Å². The van der Waals surface area contributed by atoms with Crippen molar-refractivity contribution < 1.29 is 31.1 Å². The fourth-order valence-corrected chi connectivity index (χ4v) is 2.86. The van der Waals surface area contributed by atoms with Crippen LogP contribution in [0.2, 0.25) is 0 Å². The Labute approximate surface area is 167 Å². The minimum Gasteiger partial charge on any atom is -0.348 e. The smallest absolute Gasteiger partial charge is 0.348 e. The maximum absolute atomic E-state index is 13.0. The van der Waals surface area contributed by atoms with E-state index in [2.05, 4.69) is 10.4 Å². The summed E-state index contributed by atoms with van der Waals surface area (Å²) in [6.45, 7) is 1.11. The summed E-state index contributed by atoms with van der Waals surface area (Å²) in [5.41, 5.74) is -1.87. The lowest BCUT2D eigenvalue weighted by atomic mass is 10.0. The lowest BCUT2D eigenvalue weighted by Gasteiger charge is -2.14. The van der Waals surface area contributed by atoms with Gasteiger partial charge in [-0.25, -0.2) is 4.68 Å². The van der Waals surface area contributed by atoms with Gasteiger partial charge < -0.3 is 5.32 Å². The van der Waals surface area contributed by atoms with Crippen LogP contribution in [-0.4, -0.2) is 15.7 Å². The number of alkyl halides is 6. The number of hydrogen-bond donors (Lipinski definition) is 1. The van der Waals surface area contributed by atoms with Gasteiger partial charge in [0.2, 0.25) is 0 Å². The molecule has 0 aliphatic rings. The molecule has 0 bridgehead atoms. The molecule has 3 rings (SSSR count). The van der Waals surface area contributed by atoms with Crippen molar-refractivity contribution >= 4 is 5.91 Å². The Morgan fingerprint density at radius 2 is 1.53 bits per heavy atom. The zero-order valence-electron chi connectivity index (χ0n) is 15.5. The summed E-state index contributed by atoms with van der Waals surface area (Å²) < 4.78 is 79.2. The third-order valence-electron chi connectivity index (χ3n) is 4.36. The molecule has 0 unspecified atom stereocenters. The Morgan fingerprint density at radius 1 is 0.967 bits per heavy atom. The minimum absolute atomic E-state index is 0.0410. The number of hydrogen-bond acceptors (Lipinski definition) is 2. The van der Waals surface area contributed by atoms with Crippen molar-refractivity contribution in [1.29, 1.82) is 0 Å². The summed E-state index contributed by atoms with van der Waals surface area (Å²) in [5, 5.41) is 6.46. The minimum atomic E-state index is -4.95. The van der Waals surface area contributed by atoms with Crippen LogP contribution in [-0.2, 0) is 18.9 Å². The average Bonchev–Trinajstić information content (AvgIpc) is 3.06. The van der Waals surface area contributed by atoms with E-state index in [1.807, 2.05) is 0 Å². The van der Waals surface area contributed by atoms with Crippen LogP contribution in [0.4, 0.5) is 26.3 Å². The quantitative estimate of drug-likeness (QED) is 0.586. The number of carbonyl (C=O) groups excluding carboxylic acids is 1. The Morgan fingerprint density at radius 3 is 2.07 bits per heavy atom. The molecule has 0 saturated heterocycles. The lowest BCUT2D eigenvalue weighted by molar-refractivity contribution is -0.143. The molecule has 10 heteroatoms. The van der Waals surface area contributed by atoms with Gasteiger partial charge in [-0.1, -0.05) is 18.2 Å². The number of nitrogens with one attached hydrogen (secondary N) is 1. The first-order valence-corrected chi connectivity index (χ1v) is 8.63. The van der Waals surface area contributed by atoms with Crippen LogP contribution in [0, 0.1) is 6.92 Å². The molecule has 1 N–H and O–H groups in total. The van der Waals surface area contributed by atoms with E-state index in [0.29, 0.717) is 23.5 Å². The molecule has 0 aliphatic heterocycles. The van der Waals surface area contributed by atoms with Crippen molar-refractivity contribution in [3.63, 3.8) is 0 Å². The molecule has 0 radical (unpaired) electrons. The molecule has 0 atom stereocenters. The van der Waals surface area contributed by atoms with E-state index in [1.54, 1.807) is 37.3 Å². The first kappa shape index (κ1) is 21.4. The third-order valence-corrected chi connectivity index (χ3v) is 4.36. The van der Waals surface area contributed by atoms with Crippen LogP contribution in [0.1, 0.15) is 32.7 Å². The number of benzene rings is 2. The van der Waals surface area contributed by atoms with Crippen molar-refractivity contribution in [2.24, 2.45) is 0 Å². The van der Waals surface area contributed by atoms with E-state index in [0.717, 1.165) is 0 Å². The Bertz CT molecular complexity index is 1020. The topological polar surface area (TPSA) is 46.9 Å². The fraction of sp³-hybridized carbons (Fsp3) is 0.200. The first-order chi connectivity index (χ1) is 14.0. The van der Waals surface area contributed by atoms with E-state index < -0.39 is 35.9 Å². The van der Waals surface area contributed by atoms with Crippen molar-refractivity contribution in [2.75, 3.05) is 0 Å². The summed E-state index contributed by atoms with van der Waals surface area (Å²) in [7, 11) is 0. The summed E-state index contributed by atoms with van der Waals surface area (Å²) >= 11 is 0. The van der Waals surface area contributed by atoms with Gasteiger partial charge in [-0.05, 0) is 42.8 Å². The van der Waals surface area contributed by atoms with Gasteiger partial charge in [0.25, 0.3) is 5.91 Å². The number of amides is 1. The van der Waals surface area contributed by atoms with Crippen LogP contribution in [0.15, 0.2) is 54.7 Å². The third kappa shape index (κ3) is 4.64. The maximum Gasteiger partial charge on any atom is 0.416 e. The van der Waals surface area contributed by atoms with E-state index in [9.17, 15) is 31.1 Å². The summed E-state index contributed by atoms with van der Waals surface area (Å²) in [4.78, 5) is 12.4. The molecule has 1 amide bonds. The highest BCUT2D eigenvalue weighted by Gasteiger charge is 2.36. The Kier molecular flexibility index (Phi) is 5.60. The summed E-state index contributed by atoms with van der Waals surface area (Å²) in [6, 6.07) is 10.1. The first-order valence-electron chi connectivity index (χ1n) is 8.63. The molecule has 3 aromatic rings. The van der Waals surface area contributed by atoms with Crippen LogP contribution in [0.25, 0.3) is 5.69 Å². The number of aromatic nitrogens is 2. The molecule has 1 aromatic heterocycles. The fourth-order valence-electron chi connectivity index (χ4n) is 2.86. The molecular weight excluding hydrogens is 412 g/mol. The van der Waals surface area contributed by atoms with Crippen LogP contribution in [0.3, 0.4) is 0 Å². The van der Waals surface area contributed by atoms with Crippen molar-refractivity contribution in [3.8, 4) is 5.69 Å². The van der Waals surface area contributed by atoms with Crippen LogP contribution in [0.5, 0.6) is 0 Å². The van der Waals surface area contributed by atoms with Crippen LogP contribution >= 0.6 is 0 Å². The lowest BCUT2D eigenvalue weighted by Crippen LogP contribution is -2.24. The van der Waals surface area contributed by atoms with Crippen LogP contribution < -0.4 is 5.32 Å². The molecule has 0 fully saturated rings. The molecular formula is C20H15F6N3O. The normalized spacial score (nSPS) is 12.1. The highest BCUT2D eigenvalue weighted by molar-refractivity contribution is 5.95. The molecule has 4 nitrogen and oxygen atoms in total. The van der Waals surface area contributed by atoms with E-state index >= 15 is 0 Å². The number of carbonyl (C=O) groups is 1. The van der Waals surface area contributed by atoms with Crippen molar-refractivity contribution in [1.82, 2.24) is 15.1 Å². The van der Waals surface area contributed by atoms with Gasteiger partial charge >= 0.3 is 12.4 Å². The molecule has 158 valence electrons. The number of halogens is 6. The standard InChI is InChI=1S/C20H15F6N3O/c1-12-17(11-28-29(12)16-5-3-2-4-6-16)18(30)27-10-13-7-14(19(21,22)23)9-15(8-13)20(24,25)26/h2-9,11H,10H2,1H3,(H,27,30). The average molecular weight is 427 g/mol. The summed E-state index contributed by atoms with van der Waals surface area (Å²) in [5.74, 6) is -0.666. The molecule has 2 aromatic carbocycles. The predicted octanol–water partition coefficient (Wildman–Crippen LogP) is 5.15. The number of para-hydroxylation sites is 1.